The molecule has 0 heterocycles. The lowest BCUT2D eigenvalue weighted by molar-refractivity contribution is -0.0719. The summed E-state index contributed by atoms with van der Waals surface area (Å²) in [6.45, 7) is 8.46. The van der Waals surface area contributed by atoms with E-state index in [9.17, 15) is 0 Å². The summed E-state index contributed by atoms with van der Waals surface area (Å²) in [5, 5.41) is 0. The van der Waals surface area contributed by atoms with Crippen LogP contribution < -0.4 is 0 Å². The molecule has 4 rings (SSSR count). The van der Waals surface area contributed by atoms with Crippen LogP contribution in [0.1, 0.15) is 22.3 Å². The topological polar surface area (TPSA) is 9.23 Å². The molecular formula is C30H26O. The normalized spacial score (nSPS) is 11.6. The minimum absolute atomic E-state index is 0.887. The van der Waals surface area contributed by atoms with E-state index in [2.05, 4.69) is 61.7 Å². The van der Waals surface area contributed by atoms with Crippen LogP contribution in [-0.4, -0.2) is 0 Å². The van der Waals surface area contributed by atoms with Crippen LogP contribution >= 0.6 is 0 Å². The Labute approximate surface area is 185 Å². The van der Waals surface area contributed by atoms with Gasteiger partial charge in [-0.2, -0.15) is 0 Å². The molecule has 0 atom stereocenters. The Morgan fingerprint density at radius 3 is 0.839 bits per heavy atom. The Hall–Kier alpha value is -3.68. The van der Waals surface area contributed by atoms with Crippen molar-refractivity contribution in [1.29, 1.82) is 0 Å². The highest BCUT2D eigenvalue weighted by Gasteiger charge is 2.43. The highest BCUT2D eigenvalue weighted by atomic mass is 16.5. The summed E-state index contributed by atoms with van der Waals surface area (Å²) in [4.78, 5) is 0. The molecule has 0 aliphatic carbocycles. The quantitative estimate of drug-likeness (QED) is 0.282. The van der Waals surface area contributed by atoms with E-state index in [4.69, 9.17) is 4.74 Å². The molecule has 0 aromatic heterocycles. The summed E-state index contributed by atoms with van der Waals surface area (Å²) in [5.74, 6) is 0. The van der Waals surface area contributed by atoms with E-state index >= 15 is 0 Å². The molecule has 1 heteroatoms. The molecule has 0 aliphatic heterocycles. The zero-order chi connectivity index (χ0) is 21.6. The summed E-state index contributed by atoms with van der Waals surface area (Å²) in [5.41, 5.74) is 2.26. The molecule has 0 N–H and O–H groups in total. The van der Waals surface area contributed by atoms with E-state index in [0.29, 0.717) is 0 Å². The Kier molecular flexibility index (Phi) is 5.97. The zero-order valence-corrected chi connectivity index (χ0v) is 17.5. The van der Waals surface area contributed by atoms with Gasteiger partial charge in [0.05, 0.1) is 0 Å². The standard InChI is InChI=1S/C30H26O/c1-3-29(25-17-9-5-10-18-25,26-19-11-6-12-20-26)31-30(4-2,27-21-13-7-14-22-27)28-23-15-8-16-24-28/h3-24H,1-2H2. The van der Waals surface area contributed by atoms with Crippen molar-refractivity contribution in [3.8, 4) is 0 Å². The summed E-state index contributed by atoms with van der Waals surface area (Å²) in [6.07, 6.45) is 3.78. The van der Waals surface area contributed by atoms with Gasteiger partial charge < -0.3 is 4.74 Å². The SMILES string of the molecule is C=CC(OC(C=C)(c1ccccc1)c1ccccc1)(c1ccccc1)c1ccccc1. The van der Waals surface area contributed by atoms with Crippen LogP contribution in [0.2, 0.25) is 0 Å². The molecule has 0 amide bonds. The van der Waals surface area contributed by atoms with Crippen molar-refractivity contribution in [2.45, 2.75) is 11.2 Å². The Morgan fingerprint density at radius 2 is 0.645 bits per heavy atom. The second kappa shape index (κ2) is 8.99. The first-order valence-electron chi connectivity index (χ1n) is 10.4. The average molecular weight is 403 g/mol. The molecule has 0 bridgehead atoms. The van der Waals surface area contributed by atoms with Crippen molar-refractivity contribution in [3.05, 3.63) is 169 Å². The van der Waals surface area contributed by atoms with E-state index in [1.165, 1.54) is 0 Å². The molecule has 0 fully saturated rings. The van der Waals surface area contributed by atoms with Gasteiger partial charge in [-0.1, -0.05) is 147 Å². The van der Waals surface area contributed by atoms with Gasteiger partial charge in [0.25, 0.3) is 0 Å². The number of rotatable bonds is 8. The van der Waals surface area contributed by atoms with E-state index in [1.54, 1.807) is 0 Å². The predicted molar refractivity (Wildman–Crippen MR) is 129 cm³/mol. The predicted octanol–water partition coefficient (Wildman–Crippen LogP) is 7.26. The van der Waals surface area contributed by atoms with Crippen LogP contribution in [0.4, 0.5) is 0 Å². The first kappa shape index (κ1) is 20.6. The van der Waals surface area contributed by atoms with Gasteiger partial charge in [0, 0.05) is 0 Å². The van der Waals surface area contributed by atoms with Gasteiger partial charge in [0.1, 0.15) is 11.2 Å². The second-order valence-electron chi connectivity index (χ2n) is 7.45. The molecule has 0 spiro atoms. The lowest BCUT2D eigenvalue weighted by Crippen LogP contribution is -2.40. The van der Waals surface area contributed by atoms with Crippen LogP contribution in [0, 0.1) is 0 Å². The molecule has 0 radical (unpaired) electrons. The maximum atomic E-state index is 7.23. The first-order valence-corrected chi connectivity index (χ1v) is 10.4. The number of benzene rings is 4. The van der Waals surface area contributed by atoms with E-state index in [1.807, 2.05) is 84.9 Å². The van der Waals surface area contributed by atoms with Gasteiger partial charge in [-0.25, -0.2) is 0 Å². The van der Waals surface area contributed by atoms with E-state index in [-0.39, 0.29) is 0 Å². The van der Waals surface area contributed by atoms with Crippen molar-refractivity contribution in [1.82, 2.24) is 0 Å². The van der Waals surface area contributed by atoms with Crippen molar-refractivity contribution in [2.75, 3.05) is 0 Å². The van der Waals surface area contributed by atoms with E-state index in [0.717, 1.165) is 22.3 Å². The maximum Gasteiger partial charge on any atom is 0.138 e. The molecule has 4 aromatic carbocycles. The summed E-state index contributed by atoms with van der Waals surface area (Å²) in [7, 11) is 0. The minimum Gasteiger partial charge on any atom is -0.342 e. The van der Waals surface area contributed by atoms with Gasteiger partial charge in [0.15, 0.2) is 0 Å². The molecule has 152 valence electrons. The fourth-order valence-corrected chi connectivity index (χ4v) is 4.12. The molecule has 4 aromatic rings. The van der Waals surface area contributed by atoms with Crippen LogP contribution in [0.25, 0.3) is 0 Å². The van der Waals surface area contributed by atoms with Crippen LogP contribution in [0.5, 0.6) is 0 Å². The molecule has 0 aliphatic rings. The molecular weight excluding hydrogens is 376 g/mol. The monoisotopic (exact) mass is 402 g/mol. The lowest BCUT2D eigenvalue weighted by Gasteiger charge is -2.42. The van der Waals surface area contributed by atoms with Gasteiger partial charge in [-0.05, 0) is 22.3 Å². The summed E-state index contributed by atoms with van der Waals surface area (Å²) >= 11 is 0. The Bertz CT molecular complexity index is 944. The van der Waals surface area contributed by atoms with Gasteiger partial charge in [-0.3, -0.25) is 0 Å². The van der Waals surface area contributed by atoms with Gasteiger partial charge >= 0.3 is 0 Å². The highest BCUT2D eigenvalue weighted by molar-refractivity contribution is 5.46. The molecule has 0 saturated heterocycles. The van der Waals surface area contributed by atoms with Crippen molar-refractivity contribution in [2.24, 2.45) is 0 Å². The zero-order valence-electron chi connectivity index (χ0n) is 17.5. The van der Waals surface area contributed by atoms with Gasteiger partial charge in [0.2, 0.25) is 0 Å². The minimum atomic E-state index is -0.887. The highest BCUT2D eigenvalue weighted by Crippen LogP contribution is 2.45. The Morgan fingerprint density at radius 1 is 0.419 bits per heavy atom. The Balaban J connectivity index is 2.00. The lowest BCUT2D eigenvalue weighted by atomic mass is 9.81. The van der Waals surface area contributed by atoms with Crippen molar-refractivity contribution in [3.63, 3.8) is 0 Å². The summed E-state index contributed by atoms with van der Waals surface area (Å²) < 4.78 is 7.23. The van der Waals surface area contributed by atoms with Crippen molar-refractivity contribution >= 4 is 0 Å². The smallest absolute Gasteiger partial charge is 0.138 e. The molecule has 1 nitrogen and oxygen atoms in total. The third kappa shape index (κ3) is 3.76. The maximum absolute atomic E-state index is 7.23. The fourth-order valence-electron chi connectivity index (χ4n) is 4.12. The first-order chi connectivity index (χ1) is 15.2. The average Bonchev–Trinajstić information content (AvgIpc) is 2.87. The number of hydrogen-bond donors (Lipinski definition) is 0. The van der Waals surface area contributed by atoms with E-state index < -0.39 is 11.2 Å². The van der Waals surface area contributed by atoms with Gasteiger partial charge in [-0.15, -0.1) is 0 Å². The molecule has 0 saturated carbocycles. The molecule has 0 unspecified atom stereocenters. The largest absolute Gasteiger partial charge is 0.342 e. The fraction of sp³-hybridized carbons (Fsp3) is 0.0667. The third-order valence-electron chi connectivity index (χ3n) is 5.71. The third-order valence-corrected chi connectivity index (χ3v) is 5.71. The number of hydrogen-bond acceptors (Lipinski definition) is 1. The number of ether oxygens (including phenoxy) is 1. The second-order valence-corrected chi connectivity index (χ2v) is 7.45. The van der Waals surface area contributed by atoms with Crippen LogP contribution in [-0.2, 0) is 15.9 Å². The molecule has 31 heavy (non-hydrogen) atoms. The van der Waals surface area contributed by atoms with Crippen LogP contribution in [0.15, 0.2) is 147 Å². The van der Waals surface area contributed by atoms with Crippen LogP contribution in [0.3, 0.4) is 0 Å². The summed E-state index contributed by atoms with van der Waals surface area (Å²) in [6, 6.07) is 40.9. The van der Waals surface area contributed by atoms with Crippen molar-refractivity contribution < 1.29 is 4.74 Å².